The third kappa shape index (κ3) is 2.44. The fourth-order valence-corrected chi connectivity index (χ4v) is 2.88. The van der Waals surface area contributed by atoms with Gasteiger partial charge in [-0.3, -0.25) is 0 Å². The van der Waals surface area contributed by atoms with Crippen molar-refractivity contribution in [2.75, 3.05) is 0 Å². The van der Waals surface area contributed by atoms with Crippen LogP contribution >= 0.6 is 38.9 Å². The van der Waals surface area contributed by atoms with E-state index >= 15 is 0 Å². The standard InChI is InChI=1S/C11H10BrClN2S/c1-2-8(12)11-15-14-10(16-11)7-5-3-4-6-9(7)13/h3-6,8H,2H2,1H3. The van der Waals surface area contributed by atoms with Crippen molar-refractivity contribution in [3.05, 3.63) is 34.3 Å². The van der Waals surface area contributed by atoms with Crippen LogP contribution in [0.15, 0.2) is 24.3 Å². The van der Waals surface area contributed by atoms with Crippen LogP contribution in [0.3, 0.4) is 0 Å². The molecule has 0 aliphatic heterocycles. The van der Waals surface area contributed by atoms with Crippen molar-refractivity contribution < 1.29 is 0 Å². The van der Waals surface area contributed by atoms with Crippen molar-refractivity contribution in [1.82, 2.24) is 10.2 Å². The van der Waals surface area contributed by atoms with Crippen LogP contribution < -0.4 is 0 Å². The zero-order valence-corrected chi connectivity index (χ0v) is 11.8. The average Bonchev–Trinajstić information content (AvgIpc) is 2.78. The normalized spacial score (nSPS) is 12.7. The maximum absolute atomic E-state index is 6.11. The Hall–Kier alpha value is -0.450. The van der Waals surface area contributed by atoms with Crippen molar-refractivity contribution in [1.29, 1.82) is 0 Å². The molecule has 1 aromatic heterocycles. The van der Waals surface area contributed by atoms with Gasteiger partial charge in [0.15, 0.2) is 0 Å². The molecule has 0 amide bonds. The molecule has 0 fully saturated rings. The van der Waals surface area contributed by atoms with Gasteiger partial charge in [0.2, 0.25) is 0 Å². The number of rotatable bonds is 3. The fourth-order valence-electron chi connectivity index (χ4n) is 1.28. The summed E-state index contributed by atoms with van der Waals surface area (Å²) in [5.41, 5.74) is 0.948. The van der Waals surface area contributed by atoms with E-state index < -0.39 is 0 Å². The Bertz CT molecular complexity index is 486. The van der Waals surface area contributed by atoms with Gasteiger partial charge in [0.1, 0.15) is 10.0 Å². The molecule has 0 spiro atoms. The van der Waals surface area contributed by atoms with Crippen LogP contribution in [0.4, 0.5) is 0 Å². The third-order valence-corrected chi connectivity index (χ3v) is 4.96. The Kier molecular flexibility index (Phi) is 3.95. The minimum absolute atomic E-state index is 0.279. The van der Waals surface area contributed by atoms with E-state index in [9.17, 15) is 0 Å². The highest BCUT2D eigenvalue weighted by atomic mass is 79.9. The minimum Gasteiger partial charge on any atom is -0.142 e. The fraction of sp³-hybridized carbons (Fsp3) is 0.273. The van der Waals surface area contributed by atoms with E-state index in [0.29, 0.717) is 5.02 Å². The predicted octanol–water partition coefficient (Wildman–Crippen LogP) is 4.70. The maximum atomic E-state index is 6.11. The summed E-state index contributed by atoms with van der Waals surface area (Å²) >= 11 is 11.3. The summed E-state index contributed by atoms with van der Waals surface area (Å²) in [6, 6.07) is 7.69. The van der Waals surface area contributed by atoms with Crippen LogP contribution in [-0.2, 0) is 0 Å². The quantitative estimate of drug-likeness (QED) is 0.767. The molecular weight excluding hydrogens is 308 g/mol. The molecule has 1 unspecified atom stereocenters. The Balaban J connectivity index is 2.35. The number of benzene rings is 1. The van der Waals surface area contributed by atoms with Gasteiger partial charge in [-0.05, 0) is 12.5 Å². The zero-order chi connectivity index (χ0) is 11.5. The van der Waals surface area contributed by atoms with Crippen molar-refractivity contribution >= 4 is 38.9 Å². The average molecular weight is 318 g/mol. The number of aromatic nitrogens is 2. The van der Waals surface area contributed by atoms with E-state index in [1.807, 2.05) is 24.3 Å². The molecule has 0 saturated carbocycles. The molecule has 5 heteroatoms. The Morgan fingerprint density at radius 2 is 2.12 bits per heavy atom. The molecule has 2 rings (SSSR count). The van der Waals surface area contributed by atoms with Gasteiger partial charge in [0.05, 0.1) is 9.85 Å². The van der Waals surface area contributed by atoms with Crippen molar-refractivity contribution in [2.24, 2.45) is 0 Å². The smallest absolute Gasteiger partial charge is 0.142 e. The van der Waals surface area contributed by atoms with Gasteiger partial charge in [-0.25, -0.2) is 0 Å². The highest BCUT2D eigenvalue weighted by Gasteiger charge is 2.14. The third-order valence-electron chi connectivity index (χ3n) is 2.17. The summed E-state index contributed by atoms with van der Waals surface area (Å²) < 4.78 is 0. The molecular formula is C11H10BrClN2S. The molecule has 0 N–H and O–H groups in total. The van der Waals surface area contributed by atoms with E-state index in [-0.39, 0.29) is 4.83 Å². The van der Waals surface area contributed by atoms with E-state index in [0.717, 1.165) is 22.0 Å². The molecule has 0 aliphatic carbocycles. The molecule has 0 bridgehead atoms. The topological polar surface area (TPSA) is 25.8 Å². The van der Waals surface area contributed by atoms with Gasteiger partial charge < -0.3 is 0 Å². The van der Waals surface area contributed by atoms with E-state index in [2.05, 4.69) is 33.1 Å². The van der Waals surface area contributed by atoms with E-state index in [1.54, 1.807) is 11.3 Å². The first-order valence-corrected chi connectivity index (χ1v) is 7.05. The minimum atomic E-state index is 0.279. The largest absolute Gasteiger partial charge is 0.149 e. The summed E-state index contributed by atoms with van der Waals surface area (Å²) in [7, 11) is 0. The lowest BCUT2D eigenvalue weighted by molar-refractivity contribution is 0.870. The van der Waals surface area contributed by atoms with Gasteiger partial charge in [-0.1, -0.05) is 64.0 Å². The zero-order valence-electron chi connectivity index (χ0n) is 8.65. The lowest BCUT2D eigenvalue weighted by Crippen LogP contribution is -1.84. The monoisotopic (exact) mass is 316 g/mol. The number of halogens is 2. The number of hydrogen-bond donors (Lipinski definition) is 0. The van der Waals surface area contributed by atoms with Gasteiger partial charge in [-0.15, -0.1) is 10.2 Å². The molecule has 2 aromatic rings. The summed E-state index contributed by atoms with van der Waals surface area (Å²) in [4.78, 5) is 0.279. The summed E-state index contributed by atoms with van der Waals surface area (Å²) in [5.74, 6) is 0. The van der Waals surface area contributed by atoms with Crippen LogP contribution in [0.2, 0.25) is 5.02 Å². The molecule has 1 atom stereocenters. The second-order valence-electron chi connectivity index (χ2n) is 3.30. The van der Waals surface area contributed by atoms with Crippen molar-refractivity contribution in [2.45, 2.75) is 18.2 Å². The Morgan fingerprint density at radius 3 is 2.81 bits per heavy atom. The van der Waals surface area contributed by atoms with Gasteiger partial charge in [0, 0.05) is 5.56 Å². The summed E-state index contributed by atoms with van der Waals surface area (Å²) in [5, 5.41) is 10.9. The summed E-state index contributed by atoms with van der Waals surface area (Å²) in [6.45, 7) is 2.11. The first-order valence-electron chi connectivity index (χ1n) is 4.94. The number of alkyl halides is 1. The molecule has 2 nitrogen and oxygen atoms in total. The van der Waals surface area contributed by atoms with Gasteiger partial charge >= 0.3 is 0 Å². The SMILES string of the molecule is CCC(Br)c1nnc(-c2ccccc2Cl)s1. The van der Waals surface area contributed by atoms with Crippen LogP contribution in [0.1, 0.15) is 23.2 Å². The molecule has 1 heterocycles. The lowest BCUT2D eigenvalue weighted by Gasteiger charge is -1.99. The summed E-state index contributed by atoms with van der Waals surface area (Å²) in [6.07, 6.45) is 0.997. The highest BCUT2D eigenvalue weighted by molar-refractivity contribution is 9.09. The van der Waals surface area contributed by atoms with Gasteiger partial charge in [-0.2, -0.15) is 0 Å². The van der Waals surface area contributed by atoms with E-state index in [1.165, 1.54) is 0 Å². The predicted molar refractivity (Wildman–Crippen MR) is 72.3 cm³/mol. The number of nitrogens with zero attached hydrogens (tertiary/aromatic N) is 2. The van der Waals surface area contributed by atoms with Crippen LogP contribution in [0.5, 0.6) is 0 Å². The van der Waals surface area contributed by atoms with Crippen LogP contribution in [0.25, 0.3) is 10.6 Å². The molecule has 16 heavy (non-hydrogen) atoms. The number of hydrogen-bond acceptors (Lipinski definition) is 3. The molecule has 0 saturated heterocycles. The Labute approximate surface area is 112 Å². The first kappa shape index (κ1) is 12.0. The maximum Gasteiger partial charge on any atom is 0.149 e. The van der Waals surface area contributed by atoms with Crippen molar-refractivity contribution in [3.8, 4) is 10.6 Å². The molecule has 84 valence electrons. The molecule has 0 aliphatic rings. The van der Waals surface area contributed by atoms with Gasteiger partial charge in [0.25, 0.3) is 0 Å². The van der Waals surface area contributed by atoms with Crippen molar-refractivity contribution in [3.63, 3.8) is 0 Å². The van der Waals surface area contributed by atoms with E-state index in [4.69, 9.17) is 11.6 Å². The molecule has 1 aromatic carbocycles. The lowest BCUT2D eigenvalue weighted by atomic mass is 10.2. The highest BCUT2D eigenvalue weighted by Crippen LogP contribution is 2.34. The molecule has 0 radical (unpaired) electrons. The van der Waals surface area contributed by atoms with Crippen LogP contribution in [-0.4, -0.2) is 10.2 Å². The first-order chi connectivity index (χ1) is 7.72. The second-order valence-corrected chi connectivity index (χ2v) is 5.82. The second kappa shape index (κ2) is 5.25. The Morgan fingerprint density at radius 1 is 1.38 bits per heavy atom. The van der Waals surface area contributed by atoms with Crippen LogP contribution in [0, 0.1) is 0 Å².